The van der Waals surface area contributed by atoms with Crippen molar-refractivity contribution >= 4 is 44.4 Å². The first-order chi connectivity index (χ1) is 8.40. The Morgan fingerprint density at radius 3 is 1.88 bits per heavy atom. The van der Waals surface area contributed by atoms with Crippen molar-refractivity contribution in [2.24, 2.45) is 0 Å². The van der Waals surface area contributed by atoms with Crippen molar-refractivity contribution in [2.45, 2.75) is 6.54 Å². The van der Waals surface area contributed by atoms with Crippen LogP contribution in [0.25, 0.3) is 21.8 Å². The lowest BCUT2D eigenvalue weighted by Crippen LogP contribution is -2.36. The molecule has 0 saturated heterocycles. The molecule has 1 aromatic heterocycles. The van der Waals surface area contributed by atoms with Gasteiger partial charge in [0.1, 0.15) is 0 Å². The quantitative estimate of drug-likeness (QED) is 0.291. The molecule has 0 amide bonds. The minimum Gasteiger partial charge on any atom is -0.191 e. The van der Waals surface area contributed by atoms with Crippen LogP contribution in [0.5, 0.6) is 0 Å². The lowest BCUT2D eigenvalue weighted by Gasteiger charge is -2.04. The summed E-state index contributed by atoms with van der Waals surface area (Å²) in [5, 5.41) is 2.63. The van der Waals surface area contributed by atoms with Gasteiger partial charge in [0.05, 0.1) is 4.43 Å². The van der Waals surface area contributed by atoms with Crippen LogP contribution in [0.2, 0.25) is 0 Å². The van der Waals surface area contributed by atoms with Gasteiger partial charge in [-0.1, -0.05) is 46.9 Å². The molecule has 0 saturated carbocycles. The van der Waals surface area contributed by atoms with Crippen molar-refractivity contribution in [3.63, 3.8) is 0 Å². The van der Waals surface area contributed by atoms with E-state index in [-0.39, 0.29) is 0 Å². The summed E-state index contributed by atoms with van der Waals surface area (Å²) in [6.45, 7) is 1.06. The number of hydrogen-bond donors (Lipinski definition) is 0. The number of pyridine rings is 1. The molecule has 0 N–H and O–H groups in total. The van der Waals surface area contributed by atoms with Crippen LogP contribution in [0.3, 0.4) is 0 Å². The Labute approximate surface area is 114 Å². The van der Waals surface area contributed by atoms with E-state index in [9.17, 15) is 0 Å². The van der Waals surface area contributed by atoms with Gasteiger partial charge in [-0.05, 0) is 18.2 Å². The Bertz CT molecular complexity index is 622. The average Bonchev–Trinajstić information content (AvgIpc) is 2.39. The van der Waals surface area contributed by atoms with Crippen LogP contribution in [0, 0.1) is 0 Å². The van der Waals surface area contributed by atoms with Gasteiger partial charge in [-0.3, -0.25) is 0 Å². The van der Waals surface area contributed by atoms with E-state index in [2.05, 4.69) is 81.8 Å². The Kier molecular flexibility index (Phi) is 2.97. The zero-order chi connectivity index (χ0) is 11.7. The third kappa shape index (κ3) is 1.90. The minimum absolute atomic E-state index is 1.06. The second kappa shape index (κ2) is 4.61. The summed E-state index contributed by atoms with van der Waals surface area (Å²) in [5.74, 6) is 0. The number of benzene rings is 2. The van der Waals surface area contributed by atoms with Crippen LogP contribution in [0.4, 0.5) is 0 Å². The first-order valence-electron chi connectivity index (χ1n) is 5.76. The van der Waals surface area contributed by atoms with Gasteiger partial charge in [-0.25, -0.2) is 0 Å². The summed E-state index contributed by atoms with van der Waals surface area (Å²) < 4.78 is 3.54. The van der Waals surface area contributed by atoms with Crippen LogP contribution in [-0.2, 0) is 6.54 Å². The molecule has 0 aliphatic rings. The van der Waals surface area contributed by atoms with Crippen LogP contribution < -0.4 is 4.57 Å². The molecule has 84 valence electrons. The molecule has 1 heterocycles. The lowest BCUT2D eigenvalue weighted by atomic mass is 10.1. The third-order valence-corrected chi connectivity index (χ3v) is 3.56. The first kappa shape index (κ1) is 11.0. The predicted molar refractivity (Wildman–Crippen MR) is 80.5 cm³/mol. The van der Waals surface area contributed by atoms with Crippen molar-refractivity contribution in [1.82, 2.24) is 0 Å². The van der Waals surface area contributed by atoms with Crippen LogP contribution in [0.15, 0.2) is 54.6 Å². The molecule has 3 rings (SSSR count). The largest absolute Gasteiger partial charge is 0.213 e. The van der Waals surface area contributed by atoms with Crippen LogP contribution >= 0.6 is 22.6 Å². The lowest BCUT2D eigenvalue weighted by molar-refractivity contribution is -0.639. The third-order valence-electron chi connectivity index (χ3n) is 3.07. The van der Waals surface area contributed by atoms with E-state index in [0.29, 0.717) is 0 Å². The van der Waals surface area contributed by atoms with Gasteiger partial charge in [-0.2, -0.15) is 4.57 Å². The number of alkyl halides is 1. The summed E-state index contributed by atoms with van der Waals surface area (Å²) >= 11 is 2.44. The van der Waals surface area contributed by atoms with Gasteiger partial charge >= 0.3 is 0 Å². The summed E-state index contributed by atoms with van der Waals surface area (Å²) in [6.07, 6.45) is 0. The maximum absolute atomic E-state index is 2.44. The fourth-order valence-electron chi connectivity index (χ4n) is 2.33. The maximum Gasteiger partial charge on any atom is 0.213 e. The van der Waals surface area contributed by atoms with Crippen LogP contribution in [-0.4, -0.2) is 4.43 Å². The van der Waals surface area contributed by atoms with E-state index >= 15 is 0 Å². The Morgan fingerprint density at radius 2 is 1.35 bits per heavy atom. The molecule has 17 heavy (non-hydrogen) atoms. The smallest absolute Gasteiger partial charge is 0.191 e. The highest BCUT2D eigenvalue weighted by molar-refractivity contribution is 14.1. The topological polar surface area (TPSA) is 3.88 Å². The molecule has 0 bridgehead atoms. The fourth-order valence-corrected chi connectivity index (χ4v) is 2.82. The number of rotatable bonds is 2. The molecular weight excluding hydrogens is 321 g/mol. The van der Waals surface area contributed by atoms with Gasteiger partial charge in [0.2, 0.25) is 11.0 Å². The SMILES string of the molecule is ICC[n+]1c2ccccc2cc2ccccc21. The van der Waals surface area contributed by atoms with Crippen molar-refractivity contribution in [2.75, 3.05) is 4.43 Å². The number of fused-ring (bicyclic) bond motifs is 2. The molecular formula is C15H13IN+. The number of aryl methyl sites for hydroxylation is 1. The van der Waals surface area contributed by atoms with Gasteiger partial charge in [0, 0.05) is 22.9 Å². The molecule has 2 aromatic carbocycles. The maximum atomic E-state index is 2.44. The average molecular weight is 334 g/mol. The van der Waals surface area contributed by atoms with E-state index in [0.717, 1.165) is 11.0 Å². The summed E-state index contributed by atoms with van der Waals surface area (Å²) in [5.41, 5.74) is 2.64. The molecule has 3 aromatic rings. The van der Waals surface area contributed by atoms with E-state index in [4.69, 9.17) is 0 Å². The van der Waals surface area contributed by atoms with Crippen molar-refractivity contribution in [3.05, 3.63) is 54.6 Å². The summed E-state index contributed by atoms with van der Waals surface area (Å²) in [4.78, 5) is 0. The number of halogens is 1. The molecule has 0 fully saturated rings. The van der Waals surface area contributed by atoms with Crippen LogP contribution in [0.1, 0.15) is 0 Å². The van der Waals surface area contributed by atoms with E-state index < -0.39 is 0 Å². The van der Waals surface area contributed by atoms with E-state index in [1.165, 1.54) is 21.8 Å². The molecule has 1 nitrogen and oxygen atoms in total. The van der Waals surface area contributed by atoms with E-state index in [1.54, 1.807) is 0 Å². The standard InChI is InChI=1S/C15H13IN/c16-9-10-17-14-7-3-1-5-12(14)11-13-6-2-4-8-15(13)17/h1-8,11H,9-10H2/q+1. The minimum atomic E-state index is 1.06. The highest BCUT2D eigenvalue weighted by Gasteiger charge is 2.13. The Morgan fingerprint density at radius 1 is 0.824 bits per heavy atom. The monoisotopic (exact) mass is 334 g/mol. The second-order valence-electron chi connectivity index (χ2n) is 4.10. The van der Waals surface area contributed by atoms with Gasteiger partial charge in [0.25, 0.3) is 0 Å². The highest BCUT2D eigenvalue weighted by Crippen LogP contribution is 2.17. The van der Waals surface area contributed by atoms with Crippen molar-refractivity contribution in [1.29, 1.82) is 0 Å². The summed E-state index contributed by atoms with van der Waals surface area (Å²) in [6, 6.07) is 19.5. The second-order valence-corrected chi connectivity index (χ2v) is 5.18. The molecule has 0 unspecified atom stereocenters. The zero-order valence-electron chi connectivity index (χ0n) is 9.44. The molecule has 0 aliphatic heterocycles. The first-order valence-corrected chi connectivity index (χ1v) is 7.29. The highest BCUT2D eigenvalue weighted by atomic mass is 127. The Balaban J connectivity index is 2.47. The Hall–Kier alpha value is -1.16. The van der Waals surface area contributed by atoms with Gasteiger partial charge in [0.15, 0.2) is 6.54 Å². The predicted octanol–water partition coefficient (Wildman–Crippen LogP) is 3.72. The van der Waals surface area contributed by atoms with Gasteiger partial charge < -0.3 is 0 Å². The number of nitrogens with zero attached hydrogens (tertiary/aromatic N) is 1. The van der Waals surface area contributed by atoms with Gasteiger partial charge in [-0.15, -0.1) is 0 Å². The normalized spacial score (nSPS) is 11.1. The van der Waals surface area contributed by atoms with E-state index in [1.807, 2.05) is 0 Å². The van der Waals surface area contributed by atoms with Crippen molar-refractivity contribution < 1.29 is 4.57 Å². The number of para-hydroxylation sites is 2. The zero-order valence-corrected chi connectivity index (χ0v) is 11.6. The summed E-state index contributed by atoms with van der Waals surface area (Å²) in [7, 11) is 0. The molecule has 0 atom stereocenters. The molecule has 0 spiro atoms. The molecule has 0 radical (unpaired) electrons. The van der Waals surface area contributed by atoms with Crippen molar-refractivity contribution in [3.8, 4) is 0 Å². The molecule has 2 heteroatoms. The number of aromatic nitrogens is 1. The molecule has 0 aliphatic carbocycles. The fraction of sp³-hybridized carbons (Fsp3) is 0.133. The number of hydrogen-bond acceptors (Lipinski definition) is 0.